The lowest BCUT2D eigenvalue weighted by molar-refractivity contribution is 0.0988. The van der Waals surface area contributed by atoms with Gasteiger partial charge in [0.15, 0.2) is 5.78 Å². The summed E-state index contributed by atoms with van der Waals surface area (Å²) in [4.78, 5) is 29.1. The molecule has 0 saturated heterocycles. The molecule has 7 heteroatoms. The molecule has 6 nitrogen and oxygen atoms in total. The summed E-state index contributed by atoms with van der Waals surface area (Å²) in [5.41, 5.74) is 9.17. The van der Waals surface area contributed by atoms with E-state index in [9.17, 15) is 9.59 Å². The number of Topliss-reactive ketones (excluding diaryl/α,β-unsaturated/α-hetero) is 1. The van der Waals surface area contributed by atoms with E-state index < -0.39 is 0 Å². The van der Waals surface area contributed by atoms with Crippen molar-refractivity contribution < 1.29 is 4.79 Å². The maximum Gasteiger partial charge on any atom is 0.272 e. The third-order valence-corrected chi connectivity index (χ3v) is 4.42. The van der Waals surface area contributed by atoms with Gasteiger partial charge in [0, 0.05) is 31.0 Å². The van der Waals surface area contributed by atoms with E-state index in [0.717, 1.165) is 5.56 Å². The second kappa shape index (κ2) is 8.14. The molecule has 0 aliphatic carbocycles. The first-order chi connectivity index (χ1) is 12.4. The Bertz CT molecular complexity index is 1070. The van der Waals surface area contributed by atoms with Crippen LogP contribution in [0.1, 0.15) is 40.5 Å². The number of benzene rings is 2. The number of amidine groups is 1. The normalized spacial score (nSPS) is 10.4. The standard InChI is InChI=1S/C20H20N4O2.ClH/c1-3-18(25)14-8-9-17-15(11-14)23-16(20(26)24(17)2)10-12-4-6-13(7-5-12)19(21)22;/h4-9,11H,3,10H2,1-2H3,(H3,21,22);1H. The molecule has 0 unspecified atom stereocenters. The van der Waals surface area contributed by atoms with Crippen LogP contribution in [-0.2, 0) is 13.5 Å². The highest BCUT2D eigenvalue weighted by molar-refractivity contribution is 5.98. The van der Waals surface area contributed by atoms with Crippen molar-refractivity contribution in [1.29, 1.82) is 5.41 Å². The van der Waals surface area contributed by atoms with Crippen molar-refractivity contribution in [3.63, 3.8) is 0 Å². The zero-order valence-electron chi connectivity index (χ0n) is 15.2. The molecule has 0 aliphatic heterocycles. The third-order valence-electron chi connectivity index (χ3n) is 4.42. The summed E-state index contributed by atoms with van der Waals surface area (Å²) in [7, 11) is 1.70. The number of aryl methyl sites for hydroxylation is 1. The fraction of sp³-hybridized carbons (Fsp3) is 0.200. The number of nitrogens with one attached hydrogen (secondary N) is 1. The highest BCUT2D eigenvalue weighted by Crippen LogP contribution is 2.15. The molecule has 1 aromatic heterocycles. The summed E-state index contributed by atoms with van der Waals surface area (Å²) in [5.74, 6) is 0.0494. The number of aromatic nitrogens is 2. The van der Waals surface area contributed by atoms with Gasteiger partial charge in [-0.2, -0.15) is 0 Å². The van der Waals surface area contributed by atoms with Gasteiger partial charge in [0.1, 0.15) is 11.5 Å². The molecule has 27 heavy (non-hydrogen) atoms. The molecule has 0 saturated carbocycles. The maximum absolute atomic E-state index is 12.6. The van der Waals surface area contributed by atoms with Gasteiger partial charge in [-0.25, -0.2) is 4.98 Å². The monoisotopic (exact) mass is 384 g/mol. The predicted molar refractivity (Wildman–Crippen MR) is 109 cm³/mol. The number of nitrogen functional groups attached to an aromatic ring is 1. The average molecular weight is 385 g/mol. The first-order valence-corrected chi connectivity index (χ1v) is 8.37. The highest BCUT2D eigenvalue weighted by Gasteiger charge is 2.12. The molecule has 0 radical (unpaired) electrons. The molecule has 0 aliphatic rings. The van der Waals surface area contributed by atoms with Crippen LogP contribution >= 0.6 is 12.4 Å². The van der Waals surface area contributed by atoms with E-state index in [-0.39, 0.29) is 29.6 Å². The fourth-order valence-corrected chi connectivity index (χ4v) is 2.88. The van der Waals surface area contributed by atoms with Crippen molar-refractivity contribution in [2.75, 3.05) is 0 Å². The molecule has 3 N–H and O–H groups in total. The molecule has 140 valence electrons. The SMILES string of the molecule is CCC(=O)c1ccc2c(c1)nc(Cc1ccc(C(=N)N)cc1)c(=O)n2C.Cl. The highest BCUT2D eigenvalue weighted by atomic mass is 35.5. The number of hydrogen-bond donors (Lipinski definition) is 2. The van der Waals surface area contributed by atoms with Crippen molar-refractivity contribution in [3.8, 4) is 0 Å². The molecule has 0 fully saturated rings. The second-order valence-electron chi connectivity index (χ2n) is 6.19. The Kier molecular flexibility index (Phi) is 6.13. The minimum absolute atomic E-state index is 0. The maximum atomic E-state index is 12.6. The number of rotatable bonds is 5. The van der Waals surface area contributed by atoms with Gasteiger partial charge in [0.25, 0.3) is 5.56 Å². The van der Waals surface area contributed by atoms with Crippen LogP contribution in [-0.4, -0.2) is 21.2 Å². The summed E-state index contributed by atoms with van der Waals surface area (Å²) in [5, 5.41) is 7.43. The van der Waals surface area contributed by atoms with Crippen LogP contribution in [0, 0.1) is 5.41 Å². The molecule has 3 aromatic rings. The van der Waals surface area contributed by atoms with Gasteiger partial charge < -0.3 is 10.3 Å². The van der Waals surface area contributed by atoms with Gasteiger partial charge in [-0.1, -0.05) is 31.2 Å². The summed E-state index contributed by atoms with van der Waals surface area (Å²) >= 11 is 0. The van der Waals surface area contributed by atoms with Gasteiger partial charge >= 0.3 is 0 Å². The Balaban J connectivity index is 0.00000261. The van der Waals surface area contributed by atoms with Crippen molar-refractivity contribution >= 4 is 35.1 Å². The zero-order chi connectivity index (χ0) is 18.8. The van der Waals surface area contributed by atoms with E-state index in [2.05, 4.69) is 4.98 Å². The molecular formula is C20H21ClN4O2. The smallest absolute Gasteiger partial charge is 0.272 e. The Hall–Kier alpha value is -2.99. The number of carbonyl (C=O) groups is 1. The lowest BCUT2D eigenvalue weighted by Gasteiger charge is -2.09. The molecule has 0 bridgehead atoms. The molecule has 2 aromatic carbocycles. The summed E-state index contributed by atoms with van der Waals surface area (Å²) in [6.45, 7) is 1.82. The third kappa shape index (κ3) is 4.06. The van der Waals surface area contributed by atoms with Crippen LogP contribution in [0.2, 0.25) is 0 Å². The van der Waals surface area contributed by atoms with Crippen LogP contribution in [0.5, 0.6) is 0 Å². The number of fused-ring (bicyclic) bond motifs is 1. The Morgan fingerprint density at radius 3 is 2.37 bits per heavy atom. The van der Waals surface area contributed by atoms with Crippen LogP contribution in [0.15, 0.2) is 47.3 Å². The summed E-state index contributed by atoms with van der Waals surface area (Å²) in [6, 6.07) is 12.4. The van der Waals surface area contributed by atoms with Gasteiger partial charge in [-0.05, 0) is 23.8 Å². The minimum Gasteiger partial charge on any atom is -0.384 e. The number of halogens is 1. The van der Waals surface area contributed by atoms with E-state index in [1.54, 1.807) is 41.9 Å². The fourth-order valence-electron chi connectivity index (χ4n) is 2.88. The number of nitrogens with zero attached hydrogens (tertiary/aromatic N) is 2. The van der Waals surface area contributed by atoms with Crippen molar-refractivity contribution in [1.82, 2.24) is 9.55 Å². The Morgan fingerprint density at radius 1 is 1.15 bits per heavy atom. The molecule has 1 heterocycles. The summed E-state index contributed by atoms with van der Waals surface area (Å²) < 4.78 is 1.56. The number of nitrogens with two attached hydrogens (primary N) is 1. The molecule has 0 spiro atoms. The van der Waals surface area contributed by atoms with Crippen molar-refractivity contribution in [2.45, 2.75) is 19.8 Å². The summed E-state index contributed by atoms with van der Waals surface area (Å²) in [6.07, 6.45) is 0.791. The zero-order valence-corrected chi connectivity index (χ0v) is 16.0. The Morgan fingerprint density at radius 2 is 1.78 bits per heavy atom. The van der Waals surface area contributed by atoms with E-state index in [1.165, 1.54) is 0 Å². The molecule has 0 atom stereocenters. The van der Waals surface area contributed by atoms with Crippen LogP contribution in [0.3, 0.4) is 0 Å². The van der Waals surface area contributed by atoms with E-state index in [4.69, 9.17) is 11.1 Å². The Labute approximate surface area is 163 Å². The second-order valence-corrected chi connectivity index (χ2v) is 6.19. The topological polar surface area (TPSA) is 102 Å². The lowest BCUT2D eigenvalue weighted by Crippen LogP contribution is -2.23. The molecule has 3 rings (SSSR count). The van der Waals surface area contributed by atoms with E-state index in [1.807, 2.05) is 19.1 Å². The number of hydrogen-bond acceptors (Lipinski definition) is 4. The van der Waals surface area contributed by atoms with E-state index >= 15 is 0 Å². The number of carbonyl (C=O) groups excluding carboxylic acids is 1. The van der Waals surface area contributed by atoms with Gasteiger partial charge in [-0.15, -0.1) is 12.4 Å². The van der Waals surface area contributed by atoms with Crippen LogP contribution in [0.4, 0.5) is 0 Å². The minimum atomic E-state index is -0.164. The first kappa shape index (κ1) is 20.3. The van der Waals surface area contributed by atoms with Crippen molar-refractivity contribution in [2.24, 2.45) is 12.8 Å². The molecule has 0 amide bonds. The van der Waals surface area contributed by atoms with Crippen LogP contribution < -0.4 is 11.3 Å². The van der Waals surface area contributed by atoms with E-state index in [0.29, 0.717) is 40.7 Å². The largest absolute Gasteiger partial charge is 0.384 e. The molecular weight excluding hydrogens is 364 g/mol. The van der Waals surface area contributed by atoms with Gasteiger partial charge in [-0.3, -0.25) is 15.0 Å². The first-order valence-electron chi connectivity index (χ1n) is 8.37. The predicted octanol–water partition coefficient (Wildman–Crippen LogP) is 2.82. The lowest BCUT2D eigenvalue weighted by atomic mass is 10.1. The van der Waals surface area contributed by atoms with Crippen molar-refractivity contribution in [3.05, 3.63) is 75.2 Å². The number of ketones is 1. The van der Waals surface area contributed by atoms with Crippen LogP contribution in [0.25, 0.3) is 11.0 Å². The van der Waals surface area contributed by atoms with Gasteiger partial charge in [0.05, 0.1) is 11.0 Å². The van der Waals surface area contributed by atoms with Gasteiger partial charge in [0.2, 0.25) is 0 Å². The quantitative estimate of drug-likeness (QED) is 0.401. The average Bonchev–Trinajstić information content (AvgIpc) is 2.65.